The number of benzene rings is 4. The molecule has 0 amide bonds. The third-order valence-electron chi connectivity index (χ3n) is 10.3. The van der Waals surface area contributed by atoms with Gasteiger partial charge in [0.2, 0.25) is 0 Å². The molecule has 0 saturated carbocycles. The zero-order valence-electron chi connectivity index (χ0n) is 31.4. The number of rotatable bonds is 8. The Balaban J connectivity index is 0.00000302. The van der Waals surface area contributed by atoms with Crippen LogP contribution >= 0.6 is 46.4 Å². The summed E-state index contributed by atoms with van der Waals surface area (Å²) >= 11 is 23.3. The Bertz CT molecular complexity index is 1960. The third-order valence-corrected chi connectivity index (χ3v) is 19.9. The largest absolute Gasteiger partial charge is 1.00 e. The average Bonchev–Trinajstić information content (AvgIpc) is 3.73. The molecule has 0 fully saturated rings. The van der Waals surface area contributed by atoms with Crippen LogP contribution in [0.4, 0.5) is 0 Å². The second-order valence-corrected chi connectivity index (χ2v) is 23.3. The summed E-state index contributed by atoms with van der Waals surface area (Å²) in [6.07, 6.45) is 10.4. The van der Waals surface area contributed by atoms with Crippen LogP contribution in [0.3, 0.4) is 0 Å². The van der Waals surface area contributed by atoms with Crippen LogP contribution in [0, 0.1) is 13.8 Å². The minimum atomic E-state index is -3.03. The monoisotopic (exact) mass is 888 g/mol. The molecule has 7 heteroatoms. The van der Waals surface area contributed by atoms with Crippen molar-refractivity contribution in [3.63, 3.8) is 0 Å². The van der Waals surface area contributed by atoms with Crippen molar-refractivity contribution in [1.29, 1.82) is 0 Å². The zero-order valence-corrected chi connectivity index (χ0v) is 38.4. The molecular weight excluding hydrogens is 844 g/mol. The predicted molar refractivity (Wildman–Crippen MR) is 218 cm³/mol. The number of allylic oxidation sites excluding steroid dienone is 4. The summed E-state index contributed by atoms with van der Waals surface area (Å²) in [6.45, 7) is 18.8. The molecule has 0 aliphatic heterocycles. The third kappa shape index (κ3) is 8.63. The van der Waals surface area contributed by atoms with Crippen LogP contribution in [-0.2, 0) is 62.0 Å². The molecule has 52 heavy (non-hydrogen) atoms. The summed E-state index contributed by atoms with van der Waals surface area (Å²) in [5.74, 6) is 1.72. The smallest absolute Gasteiger partial charge is 1.00 e. The molecule has 0 aromatic heterocycles. The van der Waals surface area contributed by atoms with Crippen molar-refractivity contribution < 1.29 is 46.1 Å². The Morgan fingerprint density at radius 1 is 0.615 bits per heavy atom. The first kappa shape index (κ1) is 43.6. The minimum Gasteiger partial charge on any atom is -1.00 e. The van der Waals surface area contributed by atoms with Crippen molar-refractivity contribution in [3.8, 4) is 11.1 Å². The van der Waals surface area contributed by atoms with E-state index in [4.69, 9.17) is 46.4 Å². The normalized spacial score (nSPS) is 13.3. The molecule has 0 bridgehead atoms. The first-order chi connectivity index (χ1) is 23.7. The number of fused-ring (bicyclic) bond motifs is 3. The molecule has 0 unspecified atom stereocenters. The first-order valence-electron chi connectivity index (χ1n) is 17.6. The van der Waals surface area contributed by atoms with Crippen molar-refractivity contribution in [2.75, 3.05) is 0 Å². The summed E-state index contributed by atoms with van der Waals surface area (Å²) in [7, 11) is 0. The average molecular weight is 893 g/mol. The maximum Gasteiger partial charge on any atom is -1.00 e. The van der Waals surface area contributed by atoms with E-state index in [1.54, 1.807) is 3.27 Å². The SMILES string of the molecule is Cc1cc2c(cc1C(C)(C)C)-c1cc(C(C)(C)C)c(C)[c]([Zr+2](=[C](c3cc(CCl)cc(CCl)c3)c3cc(CCl)cc(CCl)c3)[CH]3C=CC=C3)c1C2.[Cl-].[Cl-]. The maximum absolute atomic E-state index is 6.59. The van der Waals surface area contributed by atoms with Crippen molar-refractivity contribution in [2.24, 2.45) is 0 Å². The van der Waals surface area contributed by atoms with Crippen molar-refractivity contribution in [2.45, 2.75) is 99.8 Å². The minimum absolute atomic E-state index is 0. The van der Waals surface area contributed by atoms with Crippen molar-refractivity contribution in [1.82, 2.24) is 0 Å². The molecule has 2 aliphatic rings. The number of hydrogen-bond donors (Lipinski definition) is 0. The molecule has 0 spiro atoms. The van der Waals surface area contributed by atoms with Gasteiger partial charge in [-0.15, -0.1) is 0 Å². The van der Waals surface area contributed by atoms with Crippen molar-refractivity contribution >= 4 is 52.9 Å². The van der Waals surface area contributed by atoms with E-state index in [-0.39, 0.29) is 35.6 Å². The Hall–Kier alpha value is -1.15. The molecule has 6 rings (SSSR count). The number of aryl methyl sites for hydroxylation is 1. The number of alkyl halides is 4. The fourth-order valence-electron chi connectivity index (χ4n) is 8.25. The molecule has 0 heterocycles. The van der Waals surface area contributed by atoms with E-state index < -0.39 is 21.3 Å². The molecular formula is C45H48Cl6Zr. The summed E-state index contributed by atoms with van der Waals surface area (Å²) in [6, 6.07) is 21.1. The molecule has 0 atom stereocenters. The van der Waals surface area contributed by atoms with Gasteiger partial charge in [-0.3, -0.25) is 0 Å². The molecule has 2 aliphatic carbocycles. The van der Waals surface area contributed by atoms with Crippen LogP contribution in [0.15, 0.2) is 78.9 Å². The first-order valence-corrected chi connectivity index (χ1v) is 23.6. The van der Waals surface area contributed by atoms with Gasteiger partial charge in [0, 0.05) is 0 Å². The van der Waals surface area contributed by atoms with Gasteiger partial charge >= 0.3 is 331 Å². The van der Waals surface area contributed by atoms with Gasteiger partial charge in [-0.25, -0.2) is 0 Å². The topological polar surface area (TPSA) is 0 Å². The Labute approximate surface area is 352 Å². The molecule has 4 aromatic carbocycles. The second kappa shape index (κ2) is 17.3. The van der Waals surface area contributed by atoms with E-state index in [1.165, 1.54) is 58.8 Å². The van der Waals surface area contributed by atoms with Crippen LogP contribution in [0.2, 0.25) is 3.63 Å². The Kier molecular flexibility index (Phi) is 14.5. The van der Waals surface area contributed by atoms with Gasteiger partial charge in [0.25, 0.3) is 0 Å². The predicted octanol–water partition coefficient (Wildman–Crippen LogP) is 6.86. The Morgan fingerprint density at radius 3 is 1.48 bits per heavy atom. The van der Waals surface area contributed by atoms with Crippen LogP contribution < -0.4 is 28.1 Å². The van der Waals surface area contributed by atoms with Crippen LogP contribution in [0.25, 0.3) is 11.1 Å². The standard InChI is InChI=1S/C23H29.C17H14Cl4.C5H5.2ClH.Zr/c1-14-9-16-11-17-10-15(2)21(23(6,7)8)13-19(17)18(16)12-20(14)22(3,4)5;18-8-14-2-12(3-15(6-14)9-19)1-13-4-16(10-20)7-17(5-13)11-21;1-2-4-5-3-1;;;/h9,12-13H,11H2,1-8H3;2-7H,8-11H2;1-5H;2*1H;/q;;;;;+2/p-2. The van der Waals surface area contributed by atoms with Crippen LogP contribution in [-0.4, -0.2) is 3.21 Å². The molecule has 0 nitrogen and oxygen atoms in total. The summed E-state index contributed by atoms with van der Waals surface area (Å²) in [4.78, 5) is 0. The summed E-state index contributed by atoms with van der Waals surface area (Å²) in [5, 5.41) is 0. The van der Waals surface area contributed by atoms with E-state index in [9.17, 15) is 0 Å². The van der Waals surface area contributed by atoms with E-state index >= 15 is 0 Å². The summed E-state index contributed by atoms with van der Waals surface area (Å²) in [5.41, 5.74) is 18.3. The number of hydrogen-bond acceptors (Lipinski definition) is 0. The van der Waals surface area contributed by atoms with E-state index in [0.29, 0.717) is 27.1 Å². The van der Waals surface area contributed by atoms with Gasteiger partial charge in [-0.1, -0.05) is 0 Å². The maximum atomic E-state index is 6.59. The zero-order chi connectivity index (χ0) is 36.1. The molecule has 0 N–H and O–H groups in total. The molecule has 274 valence electrons. The molecule has 0 radical (unpaired) electrons. The quantitative estimate of drug-likeness (QED) is 0.150. The summed E-state index contributed by atoms with van der Waals surface area (Å²) < 4.78 is 3.40. The van der Waals surface area contributed by atoms with Gasteiger partial charge in [0.15, 0.2) is 0 Å². The number of halogens is 6. The molecule has 4 aromatic rings. The fourth-order valence-corrected chi connectivity index (χ4v) is 17.5. The van der Waals surface area contributed by atoms with Gasteiger partial charge in [-0.05, 0) is 0 Å². The van der Waals surface area contributed by atoms with E-state index in [0.717, 1.165) is 28.7 Å². The van der Waals surface area contributed by atoms with E-state index in [2.05, 4.69) is 134 Å². The van der Waals surface area contributed by atoms with Crippen LogP contribution in [0.1, 0.15) is 108 Å². The second-order valence-electron chi connectivity index (χ2n) is 16.1. The Morgan fingerprint density at radius 2 is 1.06 bits per heavy atom. The van der Waals surface area contributed by atoms with Gasteiger partial charge < -0.3 is 24.8 Å². The fraction of sp³-hybridized carbons (Fsp3) is 0.356. The van der Waals surface area contributed by atoms with Gasteiger partial charge in [-0.2, -0.15) is 0 Å². The molecule has 0 saturated heterocycles. The van der Waals surface area contributed by atoms with E-state index in [1.807, 2.05) is 0 Å². The van der Waals surface area contributed by atoms with Crippen LogP contribution in [0.5, 0.6) is 0 Å². The van der Waals surface area contributed by atoms with Gasteiger partial charge in [0.1, 0.15) is 0 Å². The van der Waals surface area contributed by atoms with Gasteiger partial charge in [0.05, 0.1) is 0 Å². The van der Waals surface area contributed by atoms with Crippen molar-refractivity contribution in [3.05, 3.63) is 146 Å².